The minimum atomic E-state index is -0.324. The van der Waals surface area contributed by atoms with Gasteiger partial charge in [0.15, 0.2) is 0 Å². The van der Waals surface area contributed by atoms with Gasteiger partial charge < -0.3 is 5.32 Å². The highest BCUT2D eigenvalue weighted by Crippen LogP contribution is 2.18. The van der Waals surface area contributed by atoms with Crippen molar-refractivity contribution in [1.82, 2.24) is 5.32 Å². The van der Waals surface area contributed by atoms with Gasteiger partial charge in [-0.15, -0.1) is 0 Å². The summed E-state index contributed by atoms with van der Waals surface area (Å²) in [6, 6.07) is 5.04. The molecule has 0 aliphatic heterocycles. The number of nitrogens with one attached hydrogen (secondary N) is 1. The predicted molar refractivity (Wildman–Crippen MR) is 62.8 cm³/mol. The van der Waals surface area contributed by atoms with Gasteiger partial charge in [-0.2, -0.15) is 0 Å². The van der Waals surface area contributed by atoms with Crippen LogP contribution in [0.2, 0.25) is 5.02 Å². The third kappa shape index (κ3) is 4.18. The van der Waals surface area contributed by atoms with E-state index in [2.05, 4.69) is 12.2 Å². The smallest absolute Gasteiger partial charge is 0.142 e. The molecule has 0 saturated carbocycles. The van der Waals surface area contributed by atoms with E-state index in [4.69, 9.17) is 11.6 Å². The molecule has 0 radical (unpaired) electrons. The fourth-order valence-corrected chi connectivity index (χ4v) is 1.68. The molecule has 1 atom stereocenters. The molecule has 0 heterocycles. The van der Waals surface area contributed by atoms with Gasteiger partial charge in [0.2, 0.25) is 0 Å². The van der Waals surface area contributed by atoms with Gasteiger partial charge in [-0.25, -0.2) is 4.39 Å². The van der Waals surface area contributed by atoms with Crippen LogP contribution in [0.15, 0.2) is 18.2 Å². The monoisotopic (exact) mass is 229 g/mol. The van der Waals surface area contributed by atoms with E-state index in [1.54, 1.807) is 6.07 Å². The highest BCUT2D eigenvalue weighted by Gasteiger charge is 2.05. The standard InChI is InChI=1S/C12H17ClFN/c1-9(5-6-15-2)7-10-3-4-11(13)12(14)8-10/h3-4,8-9,15H,5-7H2,1-2H3. The quantitative estimate of drug-likeness (QED) is 0.817. The largest absolute Gasteiger partial charge is 0.320 e. The van der Waals surface area contributed by atoms with Crippen molar-refractivity contribution in [2.24, 2.45) is 5.92 Å². The van der Waals surface area contributed by atoms with Gasteiger partial charge in [-0.05, 0) is 50.0 Å². The van der Waals surface area contributed by atoms with E-state index in [0.29, 0.717) is 5.92 Å². The number of benzene rings is 1. The van der Waals surface area contributed by atoms with Crippen molar-refractivity contribution >= 4 is 11.6 Å². The van der Waals surface area contributed by atoms with Gasteiger partial charge >= 0.3 is 0 Å². The van der Waals surface area contributed by atoms with E-state index in [1.165, 1.54) is 6.07 Å². The van der Waals surface area contributed by atoms with Gasteiger partial charge in [0.25, 0.3) is 0 Å². The number of hydrogen-bond donors (Lipinski definition) is 1. The number of hydrogen-bond acceptors (Lipinski definition) is 1. The van der Waals surface area contributed by atoms with Crippen LogP contribution in [0.5, 0.6) is 0 Å². The molecule has 1 aromatic rings. The molecule has 0 fully saturated rings. The molecule has 84 valence electrons. The molecule has 1 aromatic carbocycles. The van der Waals surface area contributed by atoms with E-state index >= 15 is 0 Å². The van der Waals surface area contributed by atoms with Crippen LogP contribution in [0.4, 0.5) is 4.39 Å². The third-order valence-electron chi connectivity index (χ3n) is 2.46. The first kappa shape index (κ1) is 12.5. The van der Waals surface area contributed by atoms with Gasteiger partial charge in [0.1, 0.15) is 5.82 Å². The normalized spacial score (nSPS) is 12.8. The minimum absolute atomic E-state index is 0.196. The summed E-state index contributed by atoms with van der Waals surface area (Å²) in [5.41, 5.74) is 1.01. The van der Waals surface area contributed by atoms with Crippen molar-refractivity contribution in [2.75, 3.05) is 13.6 Å². The second-order valence-electron chi connectivity index (χ2n) is 3.95. The van der Waals surface area contributed by atoms with Gasteiger partial charge in [-0.3, -0.25) is 0 Å². The van der Waals surface area contributed by atoms with Gasteiger partial charge in [0, 0.05) is 0 Å². The van der Waals surface area contributed by atoms with Crippen molar-refractivity contribution < 1.29 is 4.39 Å². The van der Waals surface area contributed by atoms with Gasteiger partial charge in [-0.1, -0.05) is 24.6 Å². The molecule has 0 amide bonds. The van der Waals surface area contributed by atoms with Crippen molar-refractivity contribution in [1.29, 1.82) is 0 Å². The highest BCUT2D eigenvalue weighted by atomic mass is 35.5. The maximum atomic E-state index is 13.1. The zero-order valence-electron chi connectivity index (χ0n) is 9.19. The fourth-order valence-electron chi connectivity index (χ4n) is 1.56. The lowest BCUT2D eigenvalue weighted by Gasteiger charge is -2.11. The summed E-state index contributed by atoms with van der Waals surface area (Å²) in [5.74, 6) is 0.230. The second-order valence-corrected chi connectivity index (χ2v) is 4.36. The molecule has 0 spiro atoms. The number of halogens is 2. The molecule has 0 bridgehead atoms. The molecule has 1 rings (SSSR count). The Kier molecular flexibility index (Phi) is 5.06. The van der Waals surface area contributed by atoms with Crippen molar-refractivity contribution in [3.05, 3.63) is 34.6 Å². The van der Waals surface area contributed by atoms with Crippen molar-refractivity contribution in [3.63, 3.8) is 0 Å². The molecule has 1 nitrogen and oxygen atoms in total. The van der Waals surface area contributed by atoms with Crippen LogP contribution in [0.25, 0.3) is 0 Å². The molecular weight excluding hydrogens is 213 g/mol. The van der Waals surface area contributed by atoms with Crippen LogP contribution in [0.3, 0.4) is 0 Å². The molecule has 1 N–H and O–H groups in total. The van der Waals surface area contributed by atoms with Gasteiger partial charge in [0.05, 0.1) is 5.02 Å². The average Bonchev–Trinajstić information content (AvgIpc) is 2.20. The lowest BCUT2D eigenvalue weighted by Crippen LogP contribution is -2.12. The lowest BCUT2D eigenvalue weighted by molar-refractivity contribution is 0.513. The number of rotatable bonds is 5. The summed E-state index contributed by atoms with van der Waals surface area (Å²) in [5, 5.41) is 3.31. The molecule has 1 unspecified atom stereocenters. The first-order valence-electron chi connectivity index (χ1n) is 5.22. The highest BCUT2D eigenvalue weighted by molar-refractivity contribution is 6.30. The average molecular weight is 230 g/mol. The summed E-state index contributed by atoms with van der Waals surface area (Å²) in [4.78, 5) is 0. The minimum Gasteiger partial charge on any atom is -0.320 e. The third-order valence-corrected chi connectivity index (χ3v) is 2.76. The Labute approximate surface area is 95.6 Å². The van der Waals surface area contributed by atoms with Crippen LogP contribution in [-0.2, 0) is 6.42 Å². The van der Waals surface area contributed by atoms with Crippen LogP contribution in [0.1, 0.15) is 18.9 Å². The fraction of sp³-hybridized carbons (Fsp3) is 0.500. The molecule has 15 heavy (non-hydrogen) atoms. The molecule has 0 aromatic heterocycles. The van der Waals surface area contributed by atoms with E-state index < -0.39 is 0 Å². The van der Waals surface area contributed by atoms with Crippen LogP contribution < -0.4 is 5.32 Å². The Morgan fingerprint density at radius 3 is 2.80 bits per heavy atom. The van der Waals surface area contributed by atoms with Crippen LogP contribution >= 0.6 is 11.6 Å². The predicted octanol–water partition coefficient (Wildman–Crippen LogP) is 3.27. The molecule has 0 aliphatic rings. The zero-order chi connectivity index (χ0) is 11.3. The van der Waals surface area contributed by atoms with E-state index in [0.717, 1.165) is 24.9 Å². The summed E-state index contributed by atoms with van der Waals surface area (Å²) >= 11 is 5.62. The summed E-state index contributed by atoms with van der Waals surface area (Å²) in [6.45, 7) is 3.17. The maximum Gasteiger partial charge on any atom is 0.142 e. The Morgan fingerprint density at radius 1 is 1.47 bits per heavy atom. The van der Waals surface area contributed by atoms with Crippen molar-refractivity contribution in [2.45, 2.75) is 19.8 Å². The second kappa shape index (κ2) is 6.09. The summed E-state index contributed by atoms with van der Waals surface area (Å²) in [6.07, 6.45) is 2.00. The molecule has 0 saturated heterocycles. The maximum absolute atomic E-state index is 13.1. The first-order valence-corrected chi connectivity index (χ1v) is 5.59. The van der Waals surface area contributed by atoms with Crippen molar-refractivity contribution in [3.8, 4) is 0 Å². The summed E-state index contributed by atoms with van der Waals surface area (Å²) in [7, 11) is 1.94. The molecule has 3 heteroatoms. The SMILES string of the molecule is CNCCC(C)Cc1ccc(Cl)c(F)c1. The van der Waals surface area contributed by atoms with Crippen LogP contribution in [-0.4, -0.2) is 13.6 Å². The Morgan fingerprint density at radius 2 is 2.20 bits per heavy atom. The summed E-state index contributed by atoms with van der Waals surface area (Å²) < 4.78 is 13.1. The first-order chi connectivity index (χ1) is 7.13. The lowest BCUT2D eigenvalue weighted by atomic mass is 9.98. The molecular formula is C12H17ClFN. The molecule has 0 aliphatic carbocycles. The van der Waals surface area contributed by atoms with E-state index in [1.807, 2.05) is 13.1 Å². The zero-order valence-corrected chi connectivity index (χ0v) is 9.94. The topological polar surface area (TPSA) is 12.0 Å². The Balaban J connectivity index is 2.53. The van der Waals surface area contributed by atoms with Crippen LogP contribution in [0, 0.1) is 11.7 Å². The Hall–Kier alpha value is -0.600. The van der Waals surface area contributed by atoms with E-state index in [-0.39, 0.29) is 10.8 Å². The Bertz CT molecular complexity index is 314. The van der Waals surface area contributed by atoms with E-state index in [9.17, 15) is 4.39 Å².